The van der Waals surface area contributed by atoms with Gasteiger partial charge in [0.25, 0.3) is 5.91 Å². The average Bonchev–Trinajstić information content (AvgIpc) is 2.84. The Hall–Kier alpha value is -1.92. The van der Waals surface area contributed by atoms with Gasteiger partial charge in [-0.1, -0.05) is 6.92 Å². The van der Waals surface area contributed by atoms with E-state index in [1.165, 1.54) is 11.2 Å². The van der Waals surface area contributed by atoms with Crippen molar-refractivity contribution in [2.24, 2.45) is 11.8 Å². The van der Waals surface area contributed by atoms with E-state index < -0.39 is 11.9 Å². The molecule has 1 aliphatic rings. The van der Waals surface area contributed by atoms with E-state index in [1.807, 2.05) is 6.92 Å². The van der Waals surface area contributed by atoms with E-state index in [4.69, 9.17) is 5.11 Å². The molecule has 86 valence electrons. The van der Waals surface area contributed by atoms with Crippen LogP contribution in [-0.4, -0.2) is 50.2 Å². The minimum atomic E-state index is -0.861. The van der Waals surface area contributed by atoms with Crippen molar-refractivity contribution >= 4 is 11.9 Å². The normalized spacial score (nSPS) is 24.7. The molecule has 2 atom stereocenters. The Morgan fingerprint density at radius 2 is 2.31 bits per heavy atom. The maximum Gasteiger partial charge on any atom is 0.308 e. The van der Waals surface area contributed by atoms with Crippen LogP contribution in [0.25, 0.3) is 0 Å². The lowest BCUT2D eigenvalue weighted by Gasteiger charge is -2.13. The van der Waals surface area contributed by atoms with Crippen LogP contribution in [0.3, 0.4) is 0 Å². The van der Waals surface area contributed by atoms with Gasteiger partial charge in [0.2, 0.25) is 5.82 Å². The Morgan fingerprint density at radius 3 is 2.81 bits per heavy atom. The van der Waals surface area contributed by atoms with Crippen molar-refractivity contribution < 1.29 is 14.7 Å². The van der Waals surface area contributed by atoms with Gasteiger partial charge in [-0.05, 0) is 5.92 Å². The van der Waals surface area contributed by atoms with Crippen LogP contribution in [0.15, 0.2) is 6.33 Å². The first-order valence-electron chi connectivity index (χ1n) is 4.97. The maximum absolute atomic E-state index is 11.8. The number of carboxylic acid groups (broad SMARTS) is 1. The van der Waals surface area contributed by atoms with Crippen molar-refractivity contribution in [2.45, 2.75) is 6.92 Å². The van der Waals surface area contributed by atoms with Gasteiger partial charge in [-0.15, -0.1) is 0 Å². The zero-order valence-electron chi connectivity index (χ0n) is 8.75. The van der Waals surface area contributed by atoms with Crippen molar-refractivity contribution in [3.05, 3.63) is 12.2 Å². The number of carboxylic acids is 1. The van der Waals surface area contributed by atoms with Gasteiger partial charge in [-0.3, -0.25) is 14.7 Å². The third-order valence-electron chi connectivity index (χ3n) is 2.83. The average molecular weight is 224 g/mol. The molecule has 0 saturated carbocycles. The molecule has 2 rings (SSSR count). The largest absolute Gasteiger partial charge is 0.481 e. The lowest BCUT2D eigenvalue weighted by molar-refractivity contribution is -0.142. The molecule has 2 heterocycles. The molecule has 1 saturated heterocycles. The van der Waals surface area contributed by atoms with E-state index >= 15 is 0 Å². The van der Waals surface area contributed by atoms with Gasteiger partial charge < -0.3 is 10.0 Å². The highest BCUT2D eigenvalue weighted by Crippen LogP contribution is 2.23. The lowest BCUT2D eigenvalue weighted by atomic mass is 9.99. The molecule has 1 fully saturated rings. The van der Waals surface area contributed by atoms with Gasteiger partial charge in [0.05, 0.1) is 5.92 Å². The Kier molecular flexibility index (Phi) is 2.59. The van der Waals surface area contributed by atoms with E-state index in [0.29, 0.717) is 6.54 Å². The summed E-state index contributed by atoms with van der Waals surface area (Å²) >= 11 is 0. The zero-order valence-corrected chi connectivity index (χ0v) is 8.75. The summed E-state index contributed by atoms with van der Waals surface area (Å²) in [6.07, 6.45) is 1.25. The van der Waals surface area contributed by atoms with Crippen molar-refractivity contribution in [3.8, 4) is 0 Å². The number of hydrogen-bond acceptors (Lipinski definition) is 4. The predicted octanol–water partition coefficient (Wildman–Crippen LogP) is -0.403. The summed E-state index contributed by atoms with van der Waals surface area (Å²) in [4.78, 5) is 28.0. The Labute approximate surface area is 91.5 Å². The summed E-state index contributed by atoms with van der Waals surface area (Å²) in [5.41, 5.74) is 0. The van der Waals surface area contributed by atoms with Gasteiger partial charge in [-0.2, -0.15) is 5.10 Å². The second kappa shape index (κ2) is 3.92. The fourth-order valence-corrected chi connectivity index (χ4v) is 1.91. The second-order valence-electron chi connectivity index (χ2n) is 3.97. The highest BCUT2D eigenvalue weighted by molar-refractivity contribution is 5.91. The molecular weight excluding hydrogens is 212 g/mol. The first-order valence-corrected chi connectivity index (χ1v) is 4.97. The number of aliphatic carboxylic acids is 1. The SMILES string of the molecule is C[C@@H]1CN(C(=O)c2ncn[nH]2)C[C@H]1C(=O)O. The molecule has 0 aromatic carbocycles. The number of likely N-dealkylation sites (tertiary alicyclic amines) is 1. The third-order valence-corrected chi connectivity index (χ3v) is 2.83. The molecular formula is C9H12N4O3. The van der Waals surface area contributed by atoms with E-state index in [9.17, 15) is 9.59 Å². The van der Waals surface area contributed by atoms with Crippen molar-refractivity contribution in [1.29, 1.82) is 0 Å². The van der Waals surface area contributed by atoms with Crippen LogP contribution in [0, 0.1) is 11.8 Å². The number of carbonyl (C=O) groups is 2. The number of carbonyl (C=O) groups excluding carboxylic acids is 1. The van der Waals surface area contributed by atoms with Crippen molar-refractivity contribution in [3.63, 3.8) is 0 Å². The van der Waals surface area contributed by atoms with Crippen LogP contribution >= 0.6 is 0 Å². The standard InChI is InChI=1S/C9H12N4O3/c1-5-2-13(3-6(5)9(15)16)8(14)7-10-4-11-12-7/h4-6H,2-3H2,1H3,(H,15,16)(H,10,11,12)/t5-,6-/m1/s1. The quantitative estimate of drug-likeness (QED) is 0.711. The summed E-state index contributed by atoms with van der Waals surface area (Å²) in [5.74, 6) is -1.54. The molecule has 7 heteroatoms. The van der Waals surface area contributed by atoms with Gasteiger partial charge >= 0.3 is 5.97 Å². The van der Waals surface area contributed by atoms with E-state index in [0.717, 1.165) is 0 Å². The maximum atomic E-state index is 11.8. The molecule has 0 spiro atoms. The topological polar surface area (TPSA) is 99.2 Å². The van der Waals surface area contributed by atoms with Crippen molar-refractivity contribution in [1.82, 2.24) is 20.1 Å². The van der Waals surface area contributed by atoms with Gasteiger partial charge in [-0.25, -0.2) is 4.98 Å². The summed E-state index contributed by atoms with van der Waals surface area (Å²) in [6, 6.07) is 0. The molecule has 1 amide bonds. The Morgan fingerprint density at radius 1 is 1.56 bits per heavy atom. The lowest BCUT2D eigenvalue weighted by Crippen LogP contribution is -2.30. The summed E-state index contributed by atoms with van der Waals surface area (Å²) in [6.45, 7) is 2.50. The minimum absolute atomic E-state index is 0.0376. The first-order chi connectivity index (χ1) is 7.59. The molecule has 2 N–H and O–H groups in total. The van der Waals surface area contributed by atoms with Crippen LogP contribution in [-0.2, 0) is 4.79 Å². The van der Waals surface area contributed by atoms with Crippen molar-refractivity contribution in [2.75, 3.05) is 13.1 Å². The third kappa shape index (κ3) is 1.75. The van der Waals surface area contributed by atoms with E-state index in [1.54, 1.807) is 0 Å². The number of nitrogens with one attached hydrogen (secondary N) is 1. The molecule has 1 aliphatic heterocycles. The van der Waals surface area contributed by atoms with Crippen LogP contribution in [0.2, 0.25) is 0 Å². The second-order valence-corrected chi connectivity index (χ2v) is 3.97. The van der Waals surface area contributed by atoms with Crippen LogP contribution < -0.4 is 0 Å². The zero-order chi connectivity index (χ0) is 11.7. The van der Waals surface area contributed by atoms with E-state index in [2.05, 4.69) is 15.2 Å². The Balaban J connectivity index is 2.09. The number of H-pyrrole nitrogens is 1. The molecule has 0 bridgehead atoms. The minimum Gasteiger partial charge on any atom is -0.481 e. The van der Waals surface area contributed by atoms with Gasteiger partial charge in [0, 0.05) is 13.1 Å². The first kappa shape index (κ1) is 10.6. The van der Waals surface area contributed by atoms with Crippen LogP contribution in [0.4, 0.5) is 0 Å². The van der Waals surface area contributed by atoms with Gasteiger partial charge in [0.15, 0.2) is 0 Å². The number of amides is 1. The molecule has 1 aromatic heterocycles. The van der Waals surface area contributed by atoms with Crippen LogP contribution in [0.1, 0.15) is 17.5 Å². The molecule has 16 heavy (non-hydrogen) atoms. The number of hydrogen-bond donors (Lipinski definition) is 2. The smallest absolute Gasteiger partial charge is 0.308 e. The summed E-state index contributed by atoms with van der Waals surface area (Å²) < 4.78 is 0. The Bertz CT molecular complexity index is 403. The number of aromatic amines is 1. The molecule has 0 unspecified atom stereocenters. The van der Waals surface area contributed by atoms with Gasteiger partial charge in [0.1, 0.15) is 6.33 Å². The highest BCUT2D eigenvalue weighted by atomic mass is 16.4. The van der Waals surface area contributed by atoms with Crippen LogP contribution in [0.5, 0.6) is 0 Å². The summed E-state index contributed by atoms with van der Waals surface area (Å²) in [7, 11) is 0. The number of aromatic nitrogens is 3. The summed E-state index contributed by atoms with van der Waals surface area (Å²) in [5, 5.41) is 15.0. The predicted molar refractivity (Wildman–Crippen MR) is 52.6 cm³/mol. The number of nitrogens with zero attached hydrogens (tertiary/aromatic N) is 3. The molecule has 7 nitrogen and oxygen atoms in total. The molecule has 1 aromatic rings. The number of rotatable bonds is 2. The fourth-order valence-electron chi connectivity index (χ4n) is 1.91. The highest BCUT2D eigenvalue weighted by Gasteiger charge is 2.37. The monoisotopic (exact) mass is 224 g/mol. The fraction of sp³-hybridized carbons (Fsp3) is 0.556. The molecule has 0 radical (unpaired) electrons. The van der Waals surface area contributed by atoms with E-state index in [-0.39, 0.29) is 24.2 Å². The molecule has 0 aliphatic carbocycles.